The maximum absolute atomic E-state index is 4.76. The SMILES string of the molecule is CCC(=NC)C(CCc1ccccc1)=NC.CCC(=NC)C(CCc1ccccc1)=NC.ClCCl.[Br][Ni][Br]. The molecule has 9 heteroatoms. The molecule has 0 bridgehead atoms. The fourth-order valence-electron chi connectivity index (χ4n) is 3.57. The predicted octanol–water partition coefficient (Wildman–Crippen LogP) is 9.45. The van der Waals surface area contributed by atoms with E-state index in [1.807, 2.05) is 40.3 Å². The van der Waals surface area contributed by atoms with Crippen LogP contribution in [0, 0.1) is 0 Å². The minimum atomic E-state index is 0.194. The van der Waals surface area contributed by atoms with Gasteiger partial charge in [0.2, 0.25) is 0 Å². The van der Waals surface area contributed by atoms with Gasteiger partial charge in [-0.25, -0.2) is 0 Å². The van der Waals surface area contributed by atoms with Crippen molar-refractivity contribution in [2.24, 2.45) is 20.0 Å². The molecular weight excluding hydrogens is 694 g/mol. The number of benzene rings is 2. The van der Waals surface area contributed by atoms with E-state index in [2.05, 4.69) is 111 Å². The third-order valence-electron chi connectivity index (χ3n) is 5.40. The van der Waals surface area contributed by atoms with Gasteiger partial charge >= 0.3 is 39.3 Å². The van der Waals surface area contributed by atoms with E-state index in [0.29, 0.717) is 0 Å². The van der Waals surface area contributed by atoms with Crippen LogP contribution in [0.4, 0.5) is 0 Å². The van der Waals surface area contributed by atoms with Gasteiger partial charge in [-0.1, -0.05) is 74.5 Å². The Bertz CT molecular complexity index is 861. The van der Waals surface area contributed by atoms with Crippen molar-refractivity contribution in [3.05, 3.63) is 71.8 Å². The quantitative estimate of drug-likeness (QED) is 0.133. The molecule has 2 rings (SSSR count). The van der Waals surface area contributed by atoms with Crippen molar-refractivity contribution >= 4 is 74.5 Å². The molecule has 0 heterocycles. The second-order valence-corrected chi connectivity index (χ2v) is 13.3. The van der Waals surface area contributed by atoms with Crippen LogP contribution in [0.3, 0.4) is 0 Å². The molecule has 0 saturated carbocycles. The standard InChI is InChI=1S/2C14H20N2.CH2Cl2.2BrH.Ni/c2*1-4-13(15-2)14(16-3)11-10-12-8-6-5-7-9-12;2-1-3;;;/h2*5-9H,4,10-11H2,1-3H3;1H2;2*1H;/q;;;;;+2/p-2. The first-order chi connectivity index (χ1) is 18.5. The van der Waals surface area contributed by atoms with Gasteiger partial charge in [-0.05, 0) is 49.7 Å². The van der Waals surface area contributed by atoms with Crippen LogP contribution in [-0.4, -0.2) is 56.4 Å². The summed E-state index contributed by atoms with van der Waals surface area (Å²) in [6.45, 7) is 4.24. The van der Waals surface area contributed by atoms with Crippen LogP contribution < -0.4 is 0 Å². The molecule has 216 valence electrons. The third-order valence-corrected chi connectivity index (χ3v) is 5.40. The Morgan fingerprint density at radius 1 is 0.605 bits per heavy atom. The summed E-state index contributed by atoms with van der Waals surface area (Å²) in [7, 11) is 8.63. The summed E-state index contributed by atoms with van der Waals surface area (Å²) in [4.78, 5) is 17.2. The number of rotatable bonds is 10. The number of halogens is 4. The van der Waals surface area contributed by atoms with Gasteiger partial charge in [-0.15, -0.1) is 23.2 Å². The fourth-order valence-corrected chi connectivity index (χ4v) is 3.57. The van der Waals surface area contributed by atoms with Gasteiger partial charge in [0.05, 0.1) is 28.2 Å². The van der Waals surface area contributed by atoms with Crippen LogP contribution in [0.25, 0.3) is 0 Å². The monoisotopic (exact) mass is 732 g/mol. The van der Waals surface area contributed by atoms with Gasteiger partial charge in [0, 0.05) is 28.2 Å². The van der Waals surface area contributed by atoms with Crippen molar-refractivity contribution in [2.75, 3.05) is 33.5 Å². The molecule has 0 radical (unpaired) electrons. The summed E-state index contributed by atoms with van der Waals surface area (Å²) in [5.41, 5.74) is 7.23. The second-order valence-electron chi connectivity index (χ2n) is 7.51. The van der Waals surface area contributed by atoms with E-state index in [4.69, 9.17) is 23.2 Å². The number of hydrogen-bond donors (Lipinski definition) is 0. The minimum absolute atomic E-state index is 0.194. The van der Waals surface area contributed by atoms with Crippen LogP contribution in [-0.2, 0) is 23.7 Å². The normalized spacial score (nSPS) is 11.9. The van der Waals surface area contributed by atoms with E-state index in [-0.39, 0.29) is 5.34 Å². The topological polar surface area (TPSA) is 49.4 Å². The Hall–Kier alpha value is -0.846. The van der Waals surface area contributed by atoms with E-state index in [0.717, 1.165) is 61.4 Å². The van der Waals surface area contributed by atoms with Crippen LogP contribution >= 0.6 is 51.7 Å². The Balaban J connectivity index is 0. The fraction of sp³-hybridized carbons (Fsp3) is 0.448. The van der Waals surface area contributed by atoms with Gasteiger partial charge in [-0.3, -0.25) is 20.0 Å². The van der Waals surface area contributed by atoms with Crippen molar-refractivity contribution in [3.63, 3.8) is 0 Å². The van der Waals surface area contributed by atoms with E-state index < -0.39 is 0 Å². The first-order valence-electron chi connectivity index (χ1n) is 12.3. The van der Waals surface area contributed by atoms with Crippen LogP contribution in [0.15, 0.2) is 80.6 Å². The molecule has 0 fully saturated rings. The molecule has 0 aliphatic rings. The molecule has 2 aromatic carbocycles. The molecule has 0 aliphatic heterocycles. The average Bonchev–Trinajstić information content (AvgIpc) is 2.95. The average molecular weight is 736 g/mol. The summed E-state index contributed by atoms with van der Waals surface area (Å²) in [5, 5.41) is 0.194. The summed E-state index contributed by atoms with van der Waals surface area (Å²) < 4.78 is 0. The van der Waals surface area contributed by atoms with E-state index in [1.165, 1.54) is 22.0 Å². The van der Waals surface area contributed by atoms with Gasteiger partial charge in [-0.2, -0.15) is 0 Å². The molecule has 0 unspecified atom stereocenters. The first-order valence-corrected chi connectivity index (χ1v) is 18.3. The molecule has 4 nitrogen and oxygen atoms in total. The van der Waals surface area contributed by atoms with E-state index in [9.17, 15) is 0 Å². The molecule has 0 saturated heterocycles. The Morgan fingerprint density at radius 3 is 1.08 bits per heavy atom. The van der Waals surface area contributed by atoms with Crippen molar-refractivity contribution in [1.29, 1.82) is 0 Å². The summed E-state index contributed by atoms with van der Waals surface area (Å²) >= 11 is 15.5. The molecule has 0 aromatic heterocycles. The number of nitrogens with zero attached hydrogens (tertiary/aromatic N) is 4. The Labute approximate surface area is 261 Å². The number of alkyl halides is 2. The Kier molecular flexibility index (Phi) is 30.1. The molecule has 0 atom stereocenters. The third kappa shape index (κ3) is 20.1. The molecular formula is C29H42Br2Cl2N4Ni. The molecule has 38 heavy (non-hydrogen) atoms. The van der Waals surface area contributed by atoms with Gasteiger partial charge < -0.3 is 0 Å². The van der Waals surface area contributed by atoms with Crippen molar-refractivity contribution in [3.8, 4) is 0 Å². The number of hydrogen-bond acceptors (Lipinski definition) is 4. The molecule has 2 aromatic rings. The van der Waals surface area contributed by atoms with Gasteiger partial charge in [0.15, 0.2) is 0 Å². The molecule has 0 N–H and O–H groups in total. The summed E-state index contributed by atoms with van der Waals surface area (Å²) in [6, 6.07) is 21.0. The molecule has 0 amide bonds. The zero-order chi connectivity index (χ0) is 29.0. The predicted molar refractivity (Wildman–Crippen MR) is 178 cm³/mol. The molecule has 0 spiro atoms. The zero-order valence-corrected chi connectivity index (χ0v) is 29.0. The Morgan fingerprint density at radius 2 is 0.868 bits per heavy atom. The van der Waals surface area contributed by atoms with Crippen LogP contribution in [0.1, 0.15) is 50.7 Å². The maximum atomic E-state index is 4.76. The van der Waals surface area contributed by atoms with Crippen LogP contribution in [0.5, 0.6) is 0 Å². The number of aryl methyl sites for hydroxylation is 2. The summed E-state index contributed by atoms with van der Waals surface area (Å²) in [5.74, 6) is 0. The van der Waals surface area contributed by atoms with Gasteiger partial charge in [0.1, 0.15) is 0 Å². The molecule has 0 aliphatic carbocycles. The number of aliphatic imine (C=N–C) groups is 4. The van der Waals surface area contributed by atoms with Crippen molar-refractivity contribution in [1.82, 2.24) is 0 Å². The second kappa shape index (κ2) is 29.1. The van der Waals surface area contributed by atoms with Gasteiger partial charge in [0.25, 0.3) is 0 Å². The first kappa shape index (κ1) is 39.3. The van der Waals surface area contributed by atoms with E-state index >= 15 is 0 Å². The zero-order valence-electron chi connectivity index (χ0n) is 23.3. The van der Waals surface area contributed by atoms with Crippen molar-refractivity contribution in [2.45, 2.75) is 52.4 Å². The van der Waals surface area contributed by atoms with E-state index in [1.54, 1.807) is 0 Å². The van der Waals surface area contributed by atoms with Crippen molar-refractivity contribution < 1.29 is 10.9 Å². The summed E-state index contributed by atoms with van der Waals surface area (Å²) in [6.07, 6.45) is 5.93. The van der Waals surface area contributed by atoms with Crippen LogP contribution in [0.2, 0.25) is 0 Å².